The summed E-state index contributed by atoms with van der Waals surface area (Å²) >= 11 is 6.27. The van der Waals surface area contributed by atoms with Crippen LogP contribution in [0.2, 0.25) is 5.02 Å². The Bertz CT molecular complexity index is 1630. The summed E-state index contributed by atoms with van der Waals surface area (Å²) < 4.78 is 38.3. The summed E-state index contributed by atoms with van der Waals surface area (Å²) in [6.45, 7) is 6.21. The number of hydrogen-bond acceptors (Lipinski definition) is 5. The molecule has 3 heterocycles. The fourth-order valence-electron chi connectivity index (χ4n) is 7.67. The van der Waals surface area contributed by atoms with Gasteiger partial charge >= 0.3 is 0 Å². The standard InChI is InChI=1S/C35H41ClN2O5S/c1-21(2)43-33-20-31-26(18-32(33)42-4)19-34(39)37(35(31)24-6-10-27(36)11-7-24)28-12-8-23(9-13-28)22(3)25-16-29-14-15-30(17-25)38(29)44(5,40)41/h6-13,18,20-22,25,29-30,35H,14-17,19H2,1-5H3/t22?,25?,29?,30?,35-/m0/s1. The van der Waals surface area contributed by atoms with E-state index in [0.717, 1.165) is 48.1 Å². The quantitative estimate of drug-likeness (QED) is 0.263. The van der Waals surface area contributed by atoms with Gasteiger partial charge in [-0.15, -0.1) is 0 Å². The molecular weight excluding hydrogens is 596 g/mol. The van der Waals surface area contributed by atoms with E-state index < -0.39 is 10.0 Å². The number of carbonyl (C=O) groups excluding carboxylic acids is 1. The van der Waals surface area contributed by atoms with Gasteiger partial charge in [0.15, 0.2) is 11.5 Å². The zero-order valence-corrected chi connectivity index (χ0v) is 27.6. The minimum atomic E-state index is -3.19. The largest absolute Gasteiger partial charge is 0.493 e. The summed E-state index contributed by atoms with van der Waals surface area (Å²) in [4.78, 5) is 15.8. The summed E-state index contributed by atoms with van der Waals surface area (Å²) in [7, 11) is -1.57. The molecule has 3 aromatic carbocycles. The van der Waals surface area contributed by atoms with Crippen LogP contribution in [0.1, 0.15) is 80.7 Å². The maximum Gasteiger partial charge on any atom is 0.232 e. The van der Waals surface area contributed by atoms with Crippen molar-refractivity contribution in [1.29, 1.82) is 0 Å². The third-order valence-corrected chi connectivity index (χ3v) is 11.2. The minimum Gasteiger partial charge on any atom is -0.493 e. The second-order valence-electron chi connectivity index (χ2n) is 12.9. The number of fused-ring (bicyclic) bond motifs is 3. The highest BCUT2D eigenvalue weighted by molar-refractivity contribution is 7.88. The maximum atomic E-state index is 13.9. The van der Waals surface area contributed by atoms with Gasteiger partial charge in [-0.3, -0.25) is 4.79 Å². The van der Waals surface area contributed by atoms with Crippen LogP contribution in [-0.2, 0) is 21.2 Å². The van der Waals surface area contributed by atoms with Crippen LogP contribution in [0.25, 0.3) is 0 Å². The average Bonchev–Trinajstić information content (AvgIpc) is 3.27. The van der Waals surface area contributed by atoms with E-state index in [2.05, 4.69) is 19.1 Å². The lowest BCUT2D eigenvalue weighted by molar-refractivity contribution is -0.118. The number of piperidine rings is 1. The predicted molar refractivity (Wildman–Crippen MR) is 174 cm³/mol. The van der Waals surface area contributed by atoms with Gasteiger partial charge in [0, 0.05) is 22.8 Å². The Hall–Kier alpha value is -3.07. The van der Waals surface area contributed by atoms with E-state index >= 15 is 0 Å². The zero-order chi connectivity index (χ0) is 31.3. The molecule has 3 aliphatic rings. The number of rotatable bonds is 8. The maximum absolute atomic E-state index is 13.9. The molecule has 0 spiro atoms. The molecule has 2 fully saturated rings. The van der Waals surface area contributed by atoms with Crippen molar-refractivity contribution in [3.05, 3.63) is 87.9 Å². The Labute approximate surface area is 266 Å². The number of amides is 1. The van der Waals surface area contributed by atoms with Crippen LogP contribution in [-0.4, -0.2) is 50.2 Å². The lowest BCUT2D eigenvalue weighted by Crippen LogP contribution is -2.46. The molecule has 9 heteroatoms. The van der Waals surface area contributed by atoms with Gasteiger partial charge < -0.3 is 14.4 Å². The van der Waals surface area contributed by atoms with Crippen LogP contribution >= 0.6 is 11.6 Å². The number of benzene rings is 3. The van der Waals surface area contributed by atoms with Crippen molar-refractivity contribution in [3.63, 3.8) is 0 Å². The van der Waals surface area contributed by atoms with E-state index in [1.165, 1.54) is 11.8 Å². The van der Waals surface area contributed by atoms with Gasteiger partial charge in [0.25, 0.3) is 0 Å². The third kappa shape index (κ3) is 5.84. The molecule has 4 atom stereocenters. The second-order valence-corrected chi connectivity index (χ2v) is 15.2. The summed E-state index contributed by atoms with van der Waals surface area (Å²) in [5.41, 5.74) is 4.89. The van der Waals surface area contributed by atoms with Crippen LogP contribution in [0.15, 0.2) is 60.7 Å². The molecule has 0 aliphatic carbocycles. The van der Waals surface area contributed by atoms with Gasteiger partial charge in [0.05, 0.1) is 31.9 Å². The van der Waals surface area contributed by atoms with Crippen LogP contribution < -0.4 is 14.4 Å². The Morgan fingerprint density at radius 3 is 2.11 bits per heavy atom. The Kier molecular flexibility index (Phi) is 8.46. The first kappa shape index (κ1) is 30.9. The molecule has 2 saturated heterocycles. The van der Waals surface area contributed by atoms with Crippen molar-refractivity contribution in [1.82, 2.24) is 4.31 Å². The molecule has 7 nitrogen and oxygen atoms in total. The number of hydrogen-bond donors (Lipinski definition) is 0. The van der Waals surface area contributed by atoms with Crippen molar-refractivity contribution in [2.24, 2.45) is 5.92 Å². The molecule has 0 N–H and O–H groups in total. The van der Waals surface area contributed by atoms with Crippen LogP contribution in [0, 0.1) is 5.92 Å². The zero-order valence-electron chi connectivity index (χ0n) is 26.0. The lowest BCUT2D eigenvalue weighted by atomic mass is 9.79. The summed E-state index contributed by atoms with van der Waals surface area (Å²) in [5.74, 6) is 1.96. The lowest BCUT2D eigenvalue weighted by Gasteiger charge is -2.40. The molecule has 3 aliphatic heterocycles. The Balaban J connectivity index is 1.33. The van der Waals surface area contributed by atoms with Crippen molar-refractivity contribution in [2.45, 2.75) is 83.0 Å². The number of ether oxygens (including phenoxy) is 2. The van der Waals surface area contributed by atoms with Gasteiger partial charge in [-0.25, -0.2) is 8.42 Å². The number of halogens is 1. The highest BCUT2D eigenvalue weighted by atomic mass is 35.5. The molecule has 3 aromatic rings. The van der Waals surface area contributed by atoms with Crippen molar-refractivity contribution in [2.75, 3.05) is 18.3 Å². The van der Waals surface area contributed by atoms with Crippen LogP contribution in [0.5, 0.6) is 11.5 Å². The van der Waals surface area contributed by atoms with E-state index in [1.54, 1.807) is 11.4 Å². The molecule has 3 unspecified atom stereocenters. The van der Waals surface area contributed by atoms with Crippen molar-refractivity contribution in [3.8, 4) is 11.5 Å². The molecule has 2 bridgehead atoms. The van der Waals surface area contributed by atoms with Crippen molar-refractivity contribution >= 4 is 33.2 Å². The summed E-state index contributed by atoms with van der Waals surface area (Å²) in [5, 5.41) is 0.635. The van der Waals surface area contributed by atoms with E-state index in [-0.39, 0.29) is 42.5 Å². The first-order valence-electron chi connectivity index (χ1n) is 15.5. The topological polar surface area (TPSA) is 76.2 Å². The number of nitrogens with zero attached hydrogens (tertiary/aromatic N) is 2. The first-order chi connectivity index (χ1) is 20.9. The van der Waals surface area contributed by atoms with E-state index in [1.807, 2.05) is 67.3 Å². The van der Waals surface area contributed by atoms with Gasteiger partial charge in [-0.05, 0) is 110 Å². The number of carbonyl (C=O) groups is 1. The van der Waals surface area contributed by atoms with E-state index in [9.17, 15) is 13.2 Å². The fourth-order valence-corrected chi connectivity index (χ4v) is 9.26. The SMILES string of the molecule is COc1cc2c(cc1OC(C)C)[C@H](c1ccc(Cl)cc1)N(c1ccc(C(C)C3CC4CCC(C3)N4S(C)(=O)=O)cc1)C(=O)C2. The third-order valence-electron chi connectivity index (χ3n) is 9.63. The molecule has 0 radical (unpaired) electrons. The molecule has 234 valence electrons. The Morgan fingerprint density at radius 1 is 0.909 bits per heavy atom. The smallest absolute Gasteiger partial charge is 0.232 e. The number of sulfonamides is 1. The van der Waals surface area contributed by atoms with E-state index in [0.29, 0.717) is 22.4 Å². The molecule has 0 aromatic heterocycles. The number of anilines is 1. The van der Waals surface area contributed by atoms with Crippen LogP contribution in [0.3, 0.4) is 0 Å². The Morgan fingerprint density at radius 2 is 1.55 bits per heavy atom. The molecule has 44 heavy (non-hydrogen) atoms. The van der Waals surface area contributed by atoms with E-state index in [4.69, 9.17) is 21.1 Å². The highest BCUT2D eigenvalue weighted by Crippen LogP contribution is 2.47. The summed E-state index contributed by atoms with van der Waals surface area (Å²) in [6, 6.07) is 19.8. The summed E-state index contributed by atoms with van der Waals surface area (Å²) in [6.07, 6.45) is 5.21. The highest BCUT2D eigenvalue weighted by Gasteiger charge is 2.46. The van der Waals surface area contributed by atoms with Gasteiger partial charge in [0.1, 0.15) is 0 Å². The normalized spacial score (nSPS) is 24.3. The molecule has 0 saturated carbocycles. The minimum absolute atomic E-state index is 0.00236. The molecule has 1 amide bonds. The van der Waals surface area contributed by atoms with Crippen molar-refractivity contribution < 1.29 is 22.7 Å². The monoisotopic (exact) mass is 636 g/mol. The van der Waals surface area contributed by atoms with Gasteiger partial charge in [0.2, 0.25) is 15.9 Å². The first-order valence-corrected chi connectivity index (χ1v) is 17.7. The van der Waals surface area contributed by atoms with Gasteiger partial charge in [-0.1, -0.05) is 42.8 Å². The van der Waals surface area contributed by atoms with Gasteiger partial charge in [-0.2, -0.15) is 4.31 Å². The number of methoxy groups -OCH3 is 1. The second kappa shape index (κ2) is 12.0. The van der Waals surface area contributed by atoms with Crippen LogP contribution in [0.4, 0.5) is 5.69 Å². The molecule has 6 rings (SSSR count). The predicted octanol–water partition coefficient (Wildman–Crippen LogP) is 7.12. The molecular formula is C35H41ClN2O5S. The fraction of sp³-hybridized carbons (Fsp3) is 0.457. The average molecular weight is 637 g/mol.